The van der Waals surface area contributed by atoms with E-state index in [9.17, 15) is 9.59 Å². The number of rotatable bonds is 1. The van der Waals surface area contributed by atoms with Crippen molar-refractivity contribution in [3.8, 4) is 5.75 Å². The zero-order chi connectivity index (χ0) is 15.1. The van der Waals surface area contributed by atoms with Gasteiger partial charge in [-0.05, 0) is 12.1 Å². The van der Waals surface area contributed by atoms with Crippen molar-refractivity contribution in [1.82, 2.24) is 0 Å². The molecule has 0 atom stereocenters. The normalized spacial score (nSPS) is 17.4. The maximum Gasteiger partial charge on any atom is 0.341 e. The molecular formula is C11H10ClNO4. The van der Waals surface area contributed by atoms with Gasteiger partial charge in [0.2, 0.25) is 0 Å². The Morgan fingerprint density at radius 1 is 1.65 bits per heavy atom. The monoisotopic (exact) mass is 258 g/mol. The van der Waals surface area contributed by atoms with Gasteiger partial charge in [0.25, 0.3) is 5.91 Å². The van der Waals surface area contributed by atoms with Crippen LogP contribution in [0.1, 0.15) is 14.5 Å². The minimum atomic E-state index is -2.70. The molecule has 2 rings (SSSR count). The van der Waals surface area contributed by atoms with Gasteiger partial charge in [-0.3, -0.25) is 4.79 Å². The Labute approximate surface area is 107 Å². The summed E-state index contributed by atoms with van der Waals surface area (Å²) in [6.07, 6.45) is 0. The van der Waals surface area contributed by atoms with Crippen LogP contribution in [0.4, 0.5) is 5.69 Å². The second kappa shape index (κ2) is 4.25. The number of fused-ring (bicyclic) bond motifs is 1. The second-order valence-corrected chi connectivity index (χ2v) is 3.75. The Morgan fingerprint density at radius 2 is 2.41 bits per heavy atom. The quantitative estimate of drug-likeness (QED) is 0.716. The number of hydrogen-bond donors (Lipinski definition) is 0. The molecule has 1 amide bonds. The Morgan fingerprint density at radius 3 is 3.06 bits per heavy atom. The van der Waals surface area contributed by atoms with Gasteiger partial charge >= 0.3 is 5.97 Å². The van der Waals surface area contributed by atoms with Gasteiger partial charge in [0.15, 0.2) is 12.4 Å². The third-order valence-electron chi connectivity index (χ3n) is 2.27. The van der Waals surface area contributed by atoms with E-state index in [2.05, 4.69) is 4.74 Å². The van der Waals surface area contributed by atoms with Crippen molar-refractivity contribution in [3.63, 3.8) is 0 Å². The fraction of sp³-hybridized carbons (Fsp3) is 0.273. The Balaban J connectivity index is 2.67. The average molecular weight is 259 g/mol. The summed E-state index contributed by atoms with van der Waals surface area (Å²) in [5.41, 5.74) is -0.106. The lowest BCUT2D eigenvalue weighted by Crippen LogP contribution is -2.36. The molecule has 0 saturated heterocycles. The number of benzene rings is 1. The first-order chi connectivity index (χ1) is 9.25. The predicted molar refractivity (Wildman–Crippen MR) is 61.7 cm³/mol. The summed E-state index contributed by atoms with van der Waals surface area (Å²) in [7, 11) is 1.17. The number of hydrogen-bond acceptors (Lipinski definition) is 4. The molecule has 0 spiro atoms. The highest BCUT2D eigenvalue weighted by atomic mass is 35.5. The van der Waals surface area contributed by atoms with Gasteiger partial charge in [0.1, 0.15) is 5.56 Å². The number of ether oxygens (including phenoxy) is 2. The molecule has 0 N–H and O–H groups in total. The second-order valence-electron chi connectivity index (χ2n) is 3.31. The molecule has 0 aromatic heterocycles. The van der Waals surface area contributed by atoms with Crippen LogP contribution in [0.2, 0.25) is 5.02 Å². The van der Waals surface area contributed by atoms with E-state index in [4.69, 9.17) is 20.5 Å². The molecule has 1 aromatic rings. The summed E-state index contributed by atoms with van der Waals surface area (Å²) in [5.74, 6) is -1.50. The van der Waals surface area contributed by atoms with Crippen LogP contribution < -0.4 is 9.64 Å². The molecule has 17 heavy (non-hydrogen) atoms. The number of methoxy groups -OCH3 is 1. The zero-order valence-electron chi connectivity index (χ0n) is 11.8. The van der Waals surface area contributed by atoms with Gasteiger partial charge in [-0.25, -0.2) is 4.79 Å². The van der Waals surface area contributed by atoms with E-state index >= 15 is 0 Å². The lowest BCUT2D eigenvalue weighted by Gasteiger charge is -2.27. The molecule has 0 fully saturated rings. The minimum absolute atomic E-state index is 0.0306. The minimum Gasteiger partial charge on any atom is -0.481 e. The molecule has 1 heterocycles. The zero-order valence-corrected chi connectivity index (χ0v) is 9.58. The van der Waals surface area contributed by atoms with E-state index in [0.29, 0.717) is 4.90 Å². The number of likely N-dealkylation sites (N-methyl/N-ethyl adjacent to an activating group) is 1. The summed E-state index contributed by atoms with van der Waals surface area (Å²) in [4.78, 5) is 24.0. The topological polar surface area (TPSA) is 55.8 Å². The van der Waals surface area contributed by atoms with Crippen molar-refractivity contribution in [2.24, 2.45) is 0 Å². The summed E-state index contributed by atoms with van der Waals surface area (Å²) in [6, 6.07) is 2.55. The number of halogens is 1. The molecule has 5 nitrogen and oxygen atoms in total. The first-order valence-corrected chi connectivity index (χ1v) is 5.01. The van der Waals surface area contributed by atoms with E-state index in [0.717, 1.165) is 0 Å². The van der Waals surface area contributed by atoms with Crippen LogP contribution >= 0.6 is 11.6 Å². The van der Waals surface area contributed by atoms with Crippen LogP contribution in [0.5, 0.6) is 5.75 Å². The number of anilines is 1. The van der Waals surface area contributed by atoms with E-state index in [1.807, 2.05) is 0 Å². The molecule has 0 unspecified atom stereocenters. The van der Waals surface area contributed by atoms with Crippen molar-refractivity contribution >= 4 is 29.2 Å². The van der Waals surface area contributed by atoms with Crippen LogP contribution in [0.15, 0.2) is 12.1 Å². The molecule has 0 saturated carbocycles. The third-order valence-corrected chi connectivity index (χ3v) is 2.49. The van der Waals surface area contributed by atoms with E-state index in [1.54, 1.807) is 0 Å². The van der Waals surface area contributed by atoms with Crippen LogP contribution in [-0.4, -0.2) is 32.6 Å². The molecule has 90 valence electrons. The van der Waals surface area contributed by atoms with E-state index < -0.39 is 25.5 Å². The summed E-state index contributed by atoms with van der Waals surface area (Å²) < 4.78 is 32.0. The lowest BCUT2D eigenvalue weighted by molar-refractivity contribution is -0.121. The smallest absolute Gasteiger partial charge is 0.341 e. The number of esters is 1. The fourth-order valence-electron chi connectivity index (χ4n) is 1.49. The van der Waals surface area contributed by atoms with Gasteiger partial charge in [0.05, 0.1) is 12.8 Å². The maximum atomic E-state index is 11.7. The highest BCUT2D eigenvalue weighted by molar-refractivity contribution is 6.31. The van der Waals surface area contributed by atoms with Crippen LogP contribution in [-0.2, 0) is 9.53 Å². The molecule has 1 aliphatic rings. The van der Waals surface area contributed by atoms with Gasteiger partial charge < -0.3 is 14.4 Å². The number of nitrogens with zero attached hydrogens (tertiary/aromatic N) is 1. The number of amides is 1. The van der Waals surface area contributed by atoms with Crippen LogP contribution in [0.25, 0.3) is 0 Å². The molecule has 0 bridgehead atoms. The average Bonchev–Trinajstić information content (AvgIpc) is 2.34. The predicted octanol–water partition coefficient (Wildman–Crippen LogP) is 1.48. The summed E-state index contributed by atoms with van der Waals surface area (Å²) >= 11 is 5.86. The largest absolute Gasteiger partial charge is 0.481 e. The first kappa shape index (κ1) is 8.36. The van der Waals surface area contributed by atoms with Crippen molar-refractivity contribution < 1.29 is 23.2 Å². The number of carbonyl (C=O) groups is 2. The SMILES string of the molecule is [2H]C([2H])([2H])N1C(=O)COc2c(C(=O)OC)cc(Cl)cc21. The molecule has 1 aliphatic heterocycles. The molecule has 0 radical (unpaired) electrons. The maximum absolute atomic E-state index is 11.7. The Kier molecular flexibility index (Phi) is 2.09. The van der Waals surface area contributed by atoms with Crippen molar-refractivity contribution in [2.45, 2.75) is 0 Å². The summed E-state index contributed by atoms with van der Waals surface area (Å²) in [6.45, 7) is -3.18. The van der Waals surface area contributed by atoms with Gasteiger partial charge in [-0.1, -0.05) is 11.6 Å². The van der Waals surface area contributed by atoms with Crippen LogP contribution in [0, 0.1) is 0 Å². The molecule has 0 aliphatic carbocycles. The van der Waals surface area contributed by atoms with E-state index in [-0.39, 0.29) is 22.0 Å². The number of carbonyl (C=O) groups excluding carboxylic acids is 2. The highest BCUT2D eigenvalue weighted by Crippen LogP contribution is 2.37. The Bertz CT molecular complexity index is 588. The first-order valence-electron chi connectivity index (χ1n) is 6.13. The fourth-order valence-corrected chi connectivity index (χ4v) is 1.70. The van der Waals surface area contributed by atoms with Crippen molar-refractivity contribution in [3.05, 3.63) is 22.7 Å². The molecule has 1 aromatic carbocycles. The Hall–Kier alpha value is -1.75. The van der Waals surface area contributed by atoms with E-state index in [1.165, 1.54) is 19.2 Å². The van der Waals surface area contributed by atoms with Crippen molar-refractivity contribution in [1.29, 1.82) is 0 Å². The van der Waals surface area contributed by atoms with Crippen LogP contribution in [0.3, 0.4) is 0 Å². The highest BCUT2D eigenvalue weighted by Gasteiger charge is 2.28. The standard InChI is InChI=1S/C11H10ClNO4/c1-13-8-4-6(12)3-7(11(15)16-2)10(8)17-5-9(13)14/h3-4H,5H2,1-2H3/i1D3. The van der Waals surface area contributed by atoms with Gasteiger partial charge in [-0.15, -0.1) is 0 Å². The molecule has 6 heteroatoms. The van der Waals surface area contributed by atoms with Gasteiger partial charge in [0, 0.05) is 16.1 Å². The van der Waals surface area contributed by atoms with Crippen molar-refractivity contribution in [2.75, 3.05) is 25.6 Å². The third kappa shape index (κ3) is 1.93. The molecular weight excluding hydrogens is 246 g/mol. The van der Waals surface area contributed by atoms with Gasteiger partial charge in [-0.2, -0.15) is 0 Å². The lowest BCUT2D eigenvalue weighted by atomic mass is 10.1. The summed E-state index contributed by atoms with van der Waals surface area (Å²) in [5, 5.41) is 0.0942.